The number of carbonyl (C=O) groups excluding carboxylic acids is 1. The van der Waals surface area contributed by atoms with Crippen LogP contribution >= 0.6 is 0 Å². The van der Waals surface area contributed by atoms with Crippen LogP contribution in [-0.2, 0) is 4.74 Å². The molecule has 0 fully saturated rings. The molecular weight excluding hydrogens is 350 g/mol. The van der Waals surface area contributed by atoms with Gasteiger partial charge in [-0.05, 0) is 63.8 Å². The number of ether oxygens (including phenoxy) is 1. The average molecular weight is 382 g/mol. The van der Waals surface area contributed by atoms with Crippen molar-refractivity contribution < 1.29 is 9.53 Å². The predicted molar refractivity (Wildman–Crippen MR) is 112 cm³/mol. The fraction of sp³-hybridized carbons (Fsp3) is 0.478. The van der Waals surface area contributed by atoms with E-state index in [1.165, 1.54) is 11.1 Å². The highest BCUT2D eigenvalue weighted by Crippen LogP contribution is 2.35. The van der Waals surface area contributed by atoms with E-state index in [4.69, 9.17) is 9.84 Å². The first-order chi connectivity index (χ1) is 13.3. The van der Waals surface area contributed by atoms with Crippen LogP contribution in [0.1, 0.15) is 68.5 Å². The highest BCUT2D eigenvalue weighted by molar-refractivity contribution is 5.68. The Balaban J connectivity index is 1.76. The van der Waals surface area contributed by atoms with Crippen molar-refractivity contribution in [1.82, 2.24) is 15.1 Å². The predicted octanol–water partition coefficient (Wildman–Crippen LogP) is 5.16. The van der Waals surface area contributed by atoms with Crippen molar-refractivity contribution >= 4 is 6.09 Å². The summed E-state index contributed by atoms with van der Waals surface area (Å²) in [5, 5.41) is 7.56. The van der Waals surface area contributed by atoms with Gasteiger partial charge >= 0.3 is 6.09 Å². The Labute approximate surface area is 167 Å². The third-order valence-electron chi connectivity index (χ3n) is 5.23. The van der Waals surface area contributed by atoms with Gasteiger partial charge in [0, 0.05) is 23.2 Å². The van der Waals surface area contributed by atoms with Gasteiger partial charge in [0.15, 0.2) is 0 Å². The molecule has 5 heteroatoms. The number of amides is 1. The van der Waals surface area contributed by atoms with Gasteiger partial charge in [-0.15, -0.1) is 0 Å². The minimum absolute atomic E-state index is 0.0680. The standard InChI is InChI=1S/C23H31N3O2/c1-14(2)18-7-10-20(11-8-18)26-17(6)22(16(5)25-26)19-9-12-21(13-19)28-23(27)24-15(3)4/h7-12,14-15,19,21H,13H2,1-6H3,(H,24,27)/t19-,21-/m1/s1. The lowest BCUT2D eigenvalue weighted by molar-refractivity contribution is 0.115. The minimum Gasteiger partial charge on any atom is -0.442 e. The first kappa shape index (κ1) is 20.2. The van der Waals surface area contributed by atoms with Crippen LogP contribution in [0.4, 0.5) is 4.79 Å². The average Bonchev–Trinajstić information content (AvgIpc) is 3.18. The van der Waals surface area contributed by atoms with Crippen molar-refractivity contribution in [1.29, 1.82) is 0 Å². The van der Waals surface area contributed by atoms with E-state index in [9.17, 15) is 4.79 Å². The summed E-state index contributed by atoms with van der Waals surface area (Å²) in [5.41, 5.74) is 5.77. The van der Waals surface area contributed by atoms with E-state index in [0.717, 1.165) is 23.5 Å². The first-order valence-corrected chi connectivity index (χ1v) is 10.1. The van der Waals surface area contributed by atoms with Crippen molar-refractivity contribution in [3.63, 3.8) is 0 Å². The number of aromatic nitrogens is 2. The Hall–Kier alpha value is -2.56. The van der Waals surface area contributed by atoms with E-state index < -0.39 is 0 Å². The summed E-state index contributed by atoms with van der Waals surface area (Å²) in [6.07, 6.45) is 4.32. The van der Waals surface area contributed by atoms with Gasteiger partial charge in [-0.2, -0.15) is 5.10 Å². The third-order valence-corrected chi connectivity index (χ3v) is 5.23. The normalized spacial score (nSPS) is 18.9. The number of aryl methyl sites for hydroxylation is 1. The molecule has 5 nitrogen and oxygen atoms in total. The smallest absolute Gasteiger partial charge is 0.407 e. The molecule has 150 valence electrons. The maximum atomic E-state index is 11.9. The number of allylic oxidation sites excluding steroid dienone is 1. The molecule has 1 aromatic carbocycles. The second-order valence-corrected chi connectivity index (χ2v) is 8.21. The van der Waals surface area contributed by atoms with Crippen LogP contribution in [-0.4, -0.2) is 28.0 Å². The van der Waals surface area contributed by atoms with Crippen LogP contribution in [0.15, 0.2) is 36.4 Å². The van der Waals surface area contributed by atoms with E-state index >= 15 is 0 Å². The Morgan fingerprint density at radius 3 is 2.43 bits per heavy atom. The van der Waals surface area contributed by atoms with Gasteiger partial charge in [-0.1, -0.05) is 32.1 Å². The van der Waals surface area contributed by atoms with Crippen LogP contribution < -0.4 is 5.32 Å². The van der Waals surface area contributed by atoms with Gasteiger partial charge in [-0.25, -0.2) is 9.48 Å². The Morgan fingerprint density at radius 1 is 1.14 bits per heavy atom. The first-order valence-electron chi connectivity index (χ1n) is 10.1. The quantitative estimate of drug-likeness (QED) is 0.728. The van der Waals surface area contributed by atoms with E-state index in [-0.39, 0.29) is 24.2 Å². The van der Waals surface area contributed by atoms with Gasteiger partial charge in [0.05, 0.1) is 11.4 Å². The Kier molecular flexibility index (Phi) is 5.92. The lowest BCUT2D eigenvalue weighted by atomic mass is 9.96. The SMILES string of the molecule is Cc1nn(-c2ccc(C(C)C)cc2)c(C)c1[C@@H]1C=C[C@@H](OC(=O)NC(C)C)C1. The van der Waals surface area contributed by atoms with Crippen LogP contribution in [0.3, 0.4) is 0 Å². The molecule has 1 N–H and O–H groups in total. The highest BCUT2D eigenvalue weighted by atomic mass is 16.6. The molecular formula is C23H31N3O2. The molecule has 0 unspecified atom stereocenters. The van der Waals surface area contributed by atoms with Crippen molar-refractivity contribution in [3.05, 3.63) is 58.9 Å². The summed E-state index contributed by atoms with van der Waals surface area (Å²) < 4.78 is 7.53. The van der Waals surface area contributed by atoms with Crippen LogP contribution in [0.2, 0.25) is 0 Å². The molecule has 0 bridgehead atoms. The van der Waals surface area contributed by atoms with Crippen LogP contribution in [0.25, 0.3) is 5.69 Å². The number of rotatable bonds is 5. The number of nitrogens with one attached hydrogen (secondary N) is 1. The van der Waals surface area contributed by atoms with Gasteiger partial charge in [0.25, 0.3) is 0 Å². The second kappa shape index (κ2) is 8.21. The summed E-state index contributed by atoms with van der Waals surface area (Å²) in [5.74, 6) is 0.721. The van der Waals surface area contributed by atoms with E-state index in [1.807, 2.05) is 24.6 Å². The molecule has 1 aliphatic carbocycles. The maximum Gasteiger partial charge on any atom is 0.407 e. The lowest BCUT2D eigenvalue weighted by Gasteiger charge is -2.15. The molecule has 1 aromatic heterocycles. The molecule has 2 atom stereocenters. The number of carbonyl (C=O) groups is 1. The molecule has 0 saturated heterocycles. The van der Waals surface area contributed by atoms with Gasteiger partial charge in [0.1, 0.15) is 6.10 Å². The number of hydrogen-bond donors (Lipinski definition) is 1. The fourth-order valence-corrected chi connectivity index (χ4v) is 3.82. The molecule has 3 rings (SSSR count). The molecule has 1 amide bonds. The summed E-state index contributed by atoms with van der Waals surface area (Å²) in [6.45, 7) is 12.4. The summed E-state index contributed by atoms with van der Waals surface area (Å²) in [7, 11) is 0. The fourth-order valence-electron chi connectivity index (χ4n) is 3.82. The van der Waals surface area contributed by atoms with Crippen molar-refractivity contribution in [2.75, 3.05) is 0 Å². The van der Waals surface area contributed by atoms with Crippen LogP contribution in [0, 0.1) is 13.8 Å². The molecule has 0 spiro atoms. The zero-order valence-corrected chi connectivity index (χ0v) is 17.7. The molecule has 28 heavy (non-hydrogen) atoms. The zero-order valence-electron chi connectivity index (χ0n) is 17.7. The highest BCUT2D eigenvalue weighted by Gasteiger charge is 2.28. The van der Waals surface area contributed by atoms with Gasteiger partial charge in [-0.3, -0.25) is 0 Å². The molecule has 0 saturated carbocycles. The zero-order chi connectivity index (χ0) is 20.4. The third kappa shape index (κ3) is 4.29. The van der Waals surface area contributed by atoms with Crippen molar-refractivity contribution in [3.8, 4) is 5.69 Å². The number of hydrogen-bond acceptors (Lipinski definition) is 3. The van der Waals surface area contributed by atoms with E-state index in [1.54, 1.807) is 0 Å². The maximum absolute atomic E-state index is 11.9. The summed E-state index contributed by atoms with van der Waals surface area (Å²) in [4.78, 5) is 11.9. The molecule has 1 heterocycles. The monoisotopic (exact) mass is 381 g/mol. The summed E-state index contributed by atoms with van der Waals surface area (Å²) in [6, 6.07) is 8.67. The van der Waals surface area contributed by atoms with E-state index in [0.29, 0.717) is 5.92 Å². The van der Waals surface area contributed by atoms with Gasteiger partial charge in [0.2, 0.25) is 0 Å². The van der Waals surface area contributed by atoms with Crippen molar-refractivity contribution in [2.24, 2.45) is 0 Å². The number of alkyl carbamates (subject to hydrolysis) is 1. The molecule has 0 aliphatic heterocycles. The number of benzene rings is 1. The largest absolute Gasteiger partial charge is 0.442 e. The Morgan fingerprint density at radius 2 is 1.82 bits per heavy atom. The number of nitrogens with zero attached hydrogens (tertiary/aromatic N) is 2. The molecule has 2 aromatic rings. The minimum atomic E-state index is -0.361. The van der Waals surface area contributed by atoms with Gasteiger partial charge < -0.3 is 10.1 Å². The Bertz CT molecular complexity index is 863. The lowest BCUT2D eigenvalue weighted by Crippen LogP contribution is -2.33. The van der Waals surface area contributed by atoms with Crippen molar-refractivity contribution in [2.45, 2.75) is 71.9 Å². The van der Waals surface area contributed by atoms with E-state index in [2.05, 4.69) is 63.4 Å². The molecule has 0 radical (unpaired) electrons. The topological polar surface area (TPSA) is 56.2 Å². The summed E-state index contributed by atoms with van der Waals surface area (Å²) >= 11 is 0. The molecule has 1 aliphatic rings. The second-order valence-electron chi connectivity index (χ2n) is 8.21. The van der Waals surface area contributed by atoms with Crippen LogP contribution in [0.5, 0.6) is 0 Å².